The molecule has 0 aromatic rings. The van der Waals surface area contributed by atoms with E-state index in [1.807, 2.05) is 18.7 Å². The first-order chi connectivity index (χ1) is 10.7. The number of hydrogen-bond acceptors (Lipinski definition) is 3. The van der Waals surface area contributed by atoms with Gasteiger partial charge >= 0.3 is 0 Å². The topological polar surface area (TPSA) is 52.7 Å². The minimum atomic E-state index is 0.0402. The highest BCUT2D eigenvalue weighted by Gasteiger charge is 2.28. The highest BCUT2D eigenvalue weighted by atomic mass is 16.2. The highest BCUT2D eigenvalue weighted by Crippen LogP contribution is 2.19. The van der Waals surface area contributed by atoms with E-state index in [9.17, 15) is 9.59 Å². The monoisotopic (exact) mass is 325 g/mol. The van der Waals surface area contributed by atoms with Crippen molar-refractivity contribution >= 4 is 11.8 Å². The molecule has 1 saturated heterocycles. The molecule has 0 radical (unpaired) electrons. The van der Waals surface area contributed by atoms with Crippen molar-refractivity contribution in [2.75, 3.05) is 26.2 Å². The summed E-state index contributed by atoms with van der Waals surface area (Å²) < 4.78 is 0. The van der Waals surface area contributed by atoms with Crippen molar-refractivity contribution in [2.45, 2.75) is 66.5 Å². The second-order valence-corrected chi connectivity index (χ2v) is 7.47. The number of hydrogen-bond donors (Lipinski definition) is 1. The lowest BCUT2D eigenvalue weighted by Gasteiger charge is -2.33. The summed E-state index contributed by atoms with van der Waals surface area (Å²) in [6, 6.07) is 0.967. The quantitative estimate of drug-likeness (QED) is 0.780. The largest absolute Gasteiger partial charge is 0.355 e. The summed E-state index contributed by atoms with van der Waals surface area (Å²) in [7, 11) is 0. The molecular formula is C18H35N3O2. The van der Waals surface area contributed by atoms with E-state index >= 15 is 0 Å². The van der Waals surface area contributed by atoms with Gasteiger partial charge in [0.15, 0.2) is 0 Å². The minimum Gasteiger partial charge on any atom is -0.355 e. The van der Waals surface area contributed by atoms with Crippen LogP contribution in [-0.2, 0) is 9.59 Å². The van der Waals surface area contributed by atoms with Gasteiger partial charge in [0.05, 0.1) is 0 Å². The molecule has 0 aliphatic carbocycles. The molecule has 0 bridgehead atoms. The van der Waals surface area contributed by atoms with Gasteiger partial charge in [-0.15, -0.1) is 0 Å². The van der Waals surface area contributed by atoms with Crippen LogP contribution >= 0.6 is 0 Å². The van der Waals surface area contributed by atoms with Gasteiger partial charge in [0.2, 0.25) is 11.8 Å². The summed E-state index contributed by atoms with van der Waals surface area (Å²) >= 11 is 0. The second kappa shape index (κ2) is 9.26. The van der Waals surface area contributed by atoms with Gasteiger partial charge in [-0.2, -0.15) is 0 Å². The third-order valence-electron chi connectivity index (χ3n) is 4.67. The van der Waals surface area contributed by atoms with Gasteiger partial charge in [-0.1, -0.05) is 13.8 Å². The maximum absolute atomic E-state index is 12.3. The number of carbonyl (C=O) groups is 2. The average Bonchev–Trinajstić information content (AvgIpc) is 2.49. The molecule has 5 nitrogen and oxygen atoms in total. The van der Waals surface area contributed by atoms with Crippen LogP contribution in [0.2, 0.25) is 0 Å². The Morgan fingerprint density at radius 1 is 1.04 bits per heavy atom. The summed E-state index contributed by atoms with van der Waals surface area (Å²) in [5, 5.41) is 3.08. The van der Waals surface area contributed by atoms with E-state index in [-0.39, 0.29) is 23.7 Å². The molecule has 1 aliphatic heterocycles. The zero-order valence-corrected chi connectivity index (χ0v) is 15.8. The van der Waals surface area contributed by atoms with Crippen LogP contribution in [0.15, 0.2) is 0 Å². The molecule has 0 spiro atoms. The van der Waals surface area contributed by atoms with Gasteiger partial charge in [-0.25, -0.2) is 0 Å². The fourth-order valence-corrected chi connectivity index (χ4v) is 3.29. The molecule has 1 fully saturated rings. The average molecular weight is 325 g/mol. The van der Waals surface area contributed by atoms with E-state index in [1.165, 1.54) is 0 Å². The molecule has 5 heteroatoms. The van der Waals surface area contributed by atoms with Crippen LogP contribution < -0.4 is 5.32 Å². The molecule has 0 unspecified atom stereocenters. The van der Waals surface area contributed by atoms with Crippen LogP contribution in [-0.4, -0.2) is 59.9 Å². The first-order valence-electron chi connectivity index (χ1n) is 9.06. The van der Waals surface area contributed by atoms with Crippen molar-refractivity contribution in [3.8, 4) is 0 Å². The van der Waals surface area contributed by atoms with Crippen LogP contribution in [0.3, 0.4) is 0 Å². The summed E-state index contributed by atoms with van der Waals surface area (Å²) in [5.41, 5.74) is 0. The smallest absolute Gasteiger partial charge is 0.225 e. The molecular weight excluding hydrogens is 290 g/mol. The molecule has 2 amide bonds. The Bertz CT molecular complexity index is 378. The zero-order chi connectivity index (χ0) is 17.6. The Hall–Kier alpha value is -1.10. The lowest BCUT2D eigenvalue weighted by Crippen LogP contribution is -2.46. The van der Waals surface area contributed by atoms with Crippen molar-refractivity contribution in [1.82, 2.24) is 15.1 Å². The molecule has 1 heterocycles. The maximum atomic E-state index is 12.3. The molecule has 0 saturated carbocycles. The van der Waals surface area contributed by atoms with E-state index in [2.05, 4.69) is 37.9 Å². The molecule has 0 aromatic carbocycles. The Labute approximate surface area is 141 Å². The van der Waals surface area contributed by atoms with Crippen molar-refractivity contribution in [1.29, 1.82) is 0 Å². The Kier molecular flexibility index (Phi) is 8.03. The Morgan fingerprint density at radius 2 is 1.57 bits per heavy atom. The van der Waals surface area contributed by atoms with Crippen molar-refractivity contribution in [2.24, 2.45) is 11.8 Å². The Morgan fingerprint density at radius 3 is 2.00 bits per heavy atom. The number of piperidine rings is 1. The minimum absolute atomic E-state index is 0.0402. The normalized spacial score (nSPS) is 16.7. The molecule has 0 atom stereocenters. The fraction of sp³-hybridized carbons (Fsp3) is 0.889. The summed E-state index contributed by atoms with van der Waals surface area (Å²) in [5.74, 6) is 0.443. The fourth-order valence-electron chi connectivity index (χ4n) is 3.29. The van der Waals surface area contributed by atoms with Crippen LogP contribution in [0, 0.1) is 11.8 Å². The van der Waals surface area contributed by atoms with E-state index in [0.717, 1.165) is 19.4 Å². The lowest BCUT2D eigenvalue weighted by molar-refractivity contribution is -0.138. The van der Waals surface area contributed by atoms with E-state index in [4.69, 9.17) is 0 Å². The molecule has 1 rings (SSSR count). The first-order valence-corrected chi connectivity index (χ1v) is 9.06. The van der Waals surface area contributed by atoms with Gasteiger partial charge in [0.1, 0.15) is 0 Å². The molecule has 1 N–H and O–H groups in total. The van der Waals surface area contributed by atoms with Crippen molar-refractivity contribution in [3.05, 3.63) is 0 Å². The highest BCUT2D eigenvalue weighted by molar-refractivity contribution is 5.80. The second-order valence-electron chi connectivity index (χ2n) is 7.47. The van der Waals surface area contributed by atoms with Crippen LogP contribution in [0.5, 0.6) is 0 Å². The van der Waals surface area contributed by atoms with Gasteiger partial charge < -0.3 is 10.2 Å². The summed E-state index contributed by atoms with van der Waals surface area (Å²) in [6.07, 6.45) is 1.56. The molecule has 0 aromatic heterocycles. The molecule has 1 aliphatic rings. The van der Waals surface area contributed by atoms with Crippen LogP contribution in [0.25, 0.3) is 0 Å². The van der Waals surface area contributed by atoms with Crippen LogP contribution in [0.1, 0.15) is 54.4 Å². The maximum Gasteiger partial charge on any atom is 0.225 e. The summed E-state index contributed by atoms with van der Waals surface area (Å²) in [6.45, 7) is 15.6. The van der Waals surface area contributed by atoms with E-state index in [1.54, 1.807) is 0 Å². The molecule has 134 valence electrons. The number of nitrogens with one attached hydrogen (secondary N) is 1. The number of amides is 2. The third-order valence-corrected chi connectivity index (χ3v) is 4.67. The SMILES string of the molecule is CC(C)C(=O)N1CCC(C(=O)NCCN(C(C)C)C(C)C)CC1. The zero-order valence-electron chi connectivity index (χ0n) is 15.8. The lowest BCUT2D eigenvalue weighted by atomic mass is 9.95. The number of likely N-dealkylation sites (tertiary alicyclic amines) is 1. The number of nitrogens with zero attached hydrogens (tertiary/aromatic N) is 2. The van der Waals surface area contributed by atoms with Gasteiger partial charge in [-0.3, -0.25) is 14.5 Å². The number of rotatable bonds is 7. The third kappa shape index (κ3) is 6.13. The first kappa shape index (κ1) is 19.9. The van der Waals surface area contributed by atoms with Gasteiger partial charge in [0.25, 0.3) is 0 Å². The summed E-state index contributed by atoms with van der Waals surface area (Å²) in [4.78, 5) is 28.5. The molecule has 23 heavy (non-hydrogen) atoms. The Balaban J connectivity index is 2.33. The van der Waals surface area contributed by atoms with E-state index in [0.29, 0.717) is 31.7 Å². The predicted octanol–water partition coefficient (Wildman–Crippen LogP) is 2.12. The van der Waals surface area contributed by atoms with Crippen molar-refractivity contribution < 1.29 is 9.59 Å². The van der Waals surface area contributed by atoms with Crippen LogP contribution in [0.4, 0.5) is 0 Å². The van der Waals surface area contributed by atoms with Gasteiger partial charge in [-0.05, 0) is 40.5 Å². The van der Waals surface area contributed by atoms with Gasteiger partial charge in [0, 0.05) is 50.1 Å². The standard InChI is InChI=1S/C18H35N3O2/c1-13(2)18(23)20-10-7-16(8-11-20)17(22)19-9-12-21(14(3)4)15(5)6/h13-16H,7-12H2,1-6H3,(H,19,22). The predicted molar refractivity (Wildman–Crippen MR) is 94.1 cm³/mol. The number of carbonyl (C=O) groups excluding carboxylic acids is 2. The van der Waals surface area contributed by atoms with Crippen molar-refractivity contribution in [3.63, 3.8) is 0 Å². The van der Waals surface area contributed by atoms with E-state index < -0.39 is 0 Å².